The molecule has 1 aliphatic heterocycles. The van der Waals surface area contributed by atoms with Crippen LogP contribution in [0.25, 0.3) is 0 Å². The number of piperidine rings is 1. The fraction of sp³-hybridized carbons (Fsp3) is 0.562. The van der Waals surface area contributed by atoms with Gasteiger partial charge in [0.15, 0.2) is 0 Å². The van der Waals surface area contributed by atoms with E-state index < -0.39 is 16.6 Å². The van der Waals surface area contributed by atoms with Gasteiger partial charge in [0.05, 0.1) is 4.92 Å². The summed E-state index contributed by atoms with van der Waals surface area (Å²) in [5, 5.41) is 14.3. The maximum absolute atomic E-state index is 12.7. The van der Waals surface area contributed by atoms with Crippen LogP contribution in [-0.2, 0) is 0 Å². The number of nitrogens with one attached hydrogen (secondary N) is 1. The molecule has 0 unspecified atom stereocenters. The van der Waals surface area contributed by atoms with E-state index in [0.29, 0.717) is 0 Å². The molecule has 0 atom stereocenters. The Balaban J connectivity index is 2.23. The molecule has 0 spiro atoms. The number of ether oxygens (including phenoxy) is 1. The Kier molecular flexibility index (Phi) is 5.20. The normalized spacial score (nSPS) is 16.0. The van der Waals surface area contributed by atoms with Crippen molar-refractivity contribution in [2.45, 2.75) is 45.2 Å². The molecular weight excluding hydrogens is 298 g/mol. The van der Waals surface area contributed by atoms with E-state index in [0.717, 1.165) is 25.9 Å². The van der Waals surface area contributed by atoms with Gasteiger partial charge in [-0.1, -0.05) is 12.1 Å². The first kappa shape index (κ1) is 17.2. The van der Waals surface area contributed by atoms with E-state index in [1.165, 1.54) is 12.1 Å². The van der Waals surface area contributed by atoms with Crippen LogP contribution < -0.4 is 10.1 Å². The Morgan fingerprint density at radius 2 is 1.91 bits per heavy atom. The average Bonchev–Trinajstić information content (AvgIpc) is 2.47. The van der Waals surface area contributed by atoms with E-state index in [2.05, 4.69) is 5.32 Å². The first-order chi connectivity index (χ1) is 10.8. The molecular formula is C16H23N3O4. The maximum atomic E-state index is 12.7. The molecule has 1 fully saturated rings. The van der Waals surface area contributed by atoms with Crippen LogP contribution in [0.5, 0.6) is 5.75 Å². The summed E-state index contributed by atoms with van der Waals surface area (Å²) in [7, 11) is 0. The van der Waals surface area contributed by atoms with Crippen molar-refractivity contribution in [1.29, 1.82) is 0 Å². The lowest BCUT2D eigenvalue weighted by atomic mass is 9.98. The first-order valence-corrected chi connectivity index (χ1v) is 7.76. The third-order valence-electron chi connectivity index (χ3n) is 3.85. The summed E-state index contributed by atoms with van der Waals surface area (Å²) in [6.07, 6.45) is 1.13. The summed E-state index contributed by atoms with van der Waals surface area (Å²) < 4.78 is 5.37. The second kappa shape index (κ2) is 6.95. The average molecular weight is 321 g/mol. The van der Waals surface area contributed by atoms with Gasteiger partial charge in [0.1, 0.15) is 0 Å². The molecule has 1 N–H and O–H groups in total. The van der Waals surface area contributed by atoms with E-state index in [9.17, 15) is 14.9 Å². The molecule has 1 saturated heterocycles. The number of benzene rings is 1. The zero-order chi connectivity index (χ0) is 17.0. The standard InChI is InChI=1S/C16H23N3O4/c1-16(2,3)18(12-8-10-17-11-9-12)15(20)23-14-7-5-4-6-13(14)19(21)22/h4-7,12,17H,8-11H2,1-3H3. The number of para-hydroxylation sites is 2. The Morgan fingerprint density at radius 1 is 1.30 bits per heavy atom. The van der Waals surface area contributed by atoms with Gasteiger partial charge in [-0.25, -0.2) is 4.79 Å². The molecule has 0 aromatic heterocycles. The molecule has 1 aromatic carbocycles. The number of nitro benzene ring substituents is 1. The lowest BCUT2D eigenvalue weighted by molar-refractivity contribution is -0.385. The summed E-state index contributed by atoms with van der Waals surface area (Å²) in [6, 6.07) is 5.99. The summed E-state index contributed by atoms with van der Waals surface area (Å²) >= 11 is 0. The lowest BCUT2D eigenvalue weighted by Gasteiger charge is -2.42. The highest BCUT2D eigenvalue weighted by Gasteiger charge is 2.36. The van der Waals surface area contributed by atoms with Gasteiger partial charge in [0.25, 0.3) is 0 Å². The Morgan fingerprint density at radius 3 is 2.48 bits per heavy atom. The van der Waals surface area contributed by atoms with Crippen LogP contribution in [0.1, 0.15) is 33.6 Å². The number of hydrogen-bond acceptors (Lipinski definition) is 5. The number of carbonyl (C=O) groups excluding carboxylic acids is 1. The van der Waals surface area contributed by atoms with Gasteiger partial charge < -0.3 is 10.1 Å². The molecule has 0 bridgehead atoms. The predicted molar refractivity (Wildman–Crippen MR) is 86.6 cm³/mol. The zero-order valence-corrected chi connectivity index (χ0v) is 13.7. The van der Waals surface area contributed by atoms with Crippen molar-refractivity contribution >= 4 is 11.8 Å². The third-order valence-corrected chi connectivity index (χ3v) is 3.85. The van der Waals surface area contributed by atoms with Gasteiger partial charge in [-0.3, -0.25) is 15.0 Å². The van der Waals surface area contributed by atoms with Crippen LogP contribution in [0, 0.1) is 10.1 Å². The Labute approximate surface area is 135 Å². The SMILES string of the molecule is CC(C)(C)N(C(=O)Oc1ccccc1[N+](=O)[O-])C1CCNCC1. The molecule has 1 aromatic rings. The minimum absolute atomic E-state index is 0.0225. The van der Waals surface area contributed by atoms with Gasteiger partial charge in [-0.05, 0) is 52.8 Å². The minimum Gasteiger partial charge on any atom is -0.403 e. The molecule has 1 aliphatic rings. The van der Waals surface area contributed by atoms with Crippen molar-refractivity contribution in [3.8, 4) is 5.75 Å². The van der Waals surface area contributed by atoms with E-state index in [1.54, 1.807) is 17.0 Å². The van der Waals surface area contributed by atoms with Crippen LogP contribution >= 0.6 is 0 Å². The van der Waals surface area contributed by atoms with Crippen LogP contribution in [0.15, 0.2) is 24.3 Å². The van der Waals surface area contributed by atoms with E-state index >= 15 is 0 Å². The highest BCUT2D eigenvalue weighted by Crippen LogP contribution is 2.29. The van der Waals surface area contributed by atoms with Crippen molar-refractivity contribution < 1.29 is 14.5 Å². The second-order valence-electron chi connectivity index (χ2n) is 6.61. The fourth-order valence-corrected chi connectivity index (χ4v) is 2.87. The quantitative estimate of drug-likeness (QED) is 0.683. The first-order valence-electron chi connectivity index (χ1n) is 7.76. The fourth-order valence-electron chi connectivity index (χ4n) is 2.87. The van der Waals surface area contributed by atoms with Gasteiger partial charge in [0, 0.05) is 17.6 Å². The number of nitrogens with zero attached hydrogens (tertiary/aromatic N) is 2. The number of carbonyl (C=O) groups is 1. The second-order valence-corrected chi connectivity index (χ2v) is 6.61. The summed E-state index contributed by atoms with van der Waals surface area (Å²) in [6.45, 7) is 7.51. The Hall–Kier alpha value is -2.15. The molecule has 2 rings (SSSR count). The molecule has 0 saturated carbocycles. The number of nitro groups is 1. The molecule has 0 radical (unpaired) electrons. The summed E-state index contributed by atoms with van der Waals surface area (Å²) in [4.78, 5) is 24.9. The topological polar surface area (TPSA) is 84.7 Å². The number of hydrogen-bond donors (Lipinski definition) is 1. The molecule has 7 nitrogen and oxygen atoms in total. The van der Waals surface area contributed by atoms with Crippen LogP contribution in [0.4, 0.5) is 10.5 Å². The summed E-state index contributed by atoms with van der Waals surface area (Å²) in [5.41, 5.74) is -0.636. The number of amides is 1. The molecule has 126 valence electrons. The van der Waals surface area contributed by atoms with Gasteiger partial charge >= 0.3 is 11.8 Å². The highest BCUT2D eigenvalue weighted by molar-refractivity contribution is 5.73. The molecule has 0 aliphatic carbocycles. The third kappa shape index (κ3) is 4.19. The van der Waals surface area contributed by atoms with Gasteiger partial charge in [-0.15, -0.1) is 0 Å². The summed E-state index contributed by atoms with van der Waals surface area (Å²) in [5.74, 6) is -0.0225. The highest BCUT2D eigenvalue weighted by atomic mass is 16.6. The largest absolute Gasteiger partial charge is 0.416 e. The smallest absolute Gasteiger partial charge is 0.403 e. The van der Waals surface area contributed by atoms with Crippen LogP contribution in [-0.4, -0.2) is 40.6 Å². The van der Waals surface area contributed by atoms with Crippen molar-refractivity contribution in [1.82, 2.24) is 10.2 Å². The Bertz CT molecular complexity index is 577. The van der Waals surface area contributed by atoms with Crippen molar-refractivity contribution in [2.75, 3.05) is 13.1 Å². The van der Waals surface area contributed by atoms with Crippen molar-refractivity contribution in [3.63, 3.8) is 0 Å². The predicted octanol–water partition coefficient (Wildman–Crippen LogP) is 2.95. The van der Waals surface area contributed by atoms with Crippen LogP contribution in [0.2, 0.25) is 0 Å². The minimum atomic E-state index is -0.547. The van der Waals surface area contributed by atoms with Crippen LogP contribution in [0.3, 0.4) is 0 Å². The monoisotopic (exact) mass is 321 g/mol. The van der Waals surface area contributed by atoms with E-state index in [-0.39, 0.29) is 17.5 Å². The van der Waals surface area contributed by atoms with Crippen molar-refractivity contribution in [3.05, 3.63) is 34.4 Å². The number of rotatable bonds is 3. The van der Waals surface area contributed by atoms with E-state index in [4.69, 9.17) is 4.74 Å². The maximum Gasteiger partial charge on any atom is 0.416 e. The van der Waals surface area contributed by atoms with Crippen molar-refractivity contribution in [2.24, 2.45) is 0 Å². The molecule has 1 heterocycles. The molecule has 23 heavy (non-hydrogen) atoms. The zero-order valence-electron chi connectivity index (χ0n) is 13.7. The van der Waals surface area contributed by atoms with Gasteiger partial charge in [0.2, 0.25) is 5.75 Å². The van der Waals surface area contributed by atoms with Gasteiger partial charge in [-0.2, -0.15) is 0 Å². The lowest BCUT2D eigenvalue weighted by Crippen LogP contribution is -2.55. The molecule has 7 heteroatoms. The van der Waals surface area contributed by atoms with E-state index in [1.807, 2.05) is 20.8 Å². The molecule has 1 amide bonds.